The lowest BCUT2D eigenvalue weighted by atomic mass is 9.95. The number of anilines is 2. The molecule has 3 aliphatic heterocycles. The van der Waals surface area contributed by atoms with E-state index in [1.165, 1.54) is 27.1 Å². The Morgan fingerprint density at radius 1 is 0.776 bits per heavy atom. The van der Waals surface area contributed by atoms with Crippen LogP contribution in [0.15, 0.2) is 45.6 Å². The van der Waals surface area contributed by atoms with E-state index in [0.29, 0.717) is 0 Å². The first kappa shape index (κ1) is 57.6. The molecule has 8 rings (SSSR count). The summed E-state index contributed by atoms with van der Waals surface area (Å²) in [6.07, 6.45) is -13.0. The largest absolute Gasteiger partial charge is 0.490 e. The molecule has 76 heavy (non-hydrogen) atoms. The Morgan fingerprint density at radius 2 is 1.43 bits per heavy atom. The van der Waals surface area contributed by atoms with Crippen LogP contribution in [0, 0.1) is 5.92 Å². The fourth-order valence-corrected chi connectivity index (χ4v) is 13.1. The number of aromatic nitrogens is 10. The first-order valence-electron chi connectivity index (χ1n) is 22.2. The number of nitrogen functional groups attached to an aromatic ring is 2. The van der Waals surface area contributed by atoms with Gasteiger partial charge in [-0.2, -0.15) is 8.62 Å². The molecule has 0 aromatic carbocycles. The number of hydrogen-bond acceptors (Lipinski definition) is 27. The van der Waals surface area contributed by atoms with Crippen LogP contribution in [0.2, 0.25) is 0 Å². The number of imidazole rings is 2. The second-order valence-corrected chi connectivity index (χ2v) is 22.9. The summed E-state index contributed by atoms with van der Waals surface area (Å²) in [5.41, 5.74) is 9.46. The van der Waals surface area contributed by atoms with E-state index in [9.17, 15) is 67.5 Å². The molecule has 0 saturated carbocycles. The molecule has 5 unspecified atom stereocenters. The zero-order valence-corrected chi connectivity index (χ0v) is 43.1. The van der Waals surface area contributed by atoms with Gasteiger partial charge in [0.2, 0.25) is 11.7 Å². The number of aromatic amines is 2. The van der Waals surface area contributed by atoms with Crippen LogP contribution in [0.3, 0.4) is 0 Å². The number of hydrogen-bond donors (Lipinski definition) is 11. The first-order chi connectivity index (χ1) is 35.8. The summed E-state index contributed by atoms with van der Waals surface area (Å²) in [5.74, 6) is -1.28. The molecular weight excluding hydrogens is 1110 g/mol. The van der Waals surface area contributed by atoms with Crippen LogP contribution in [0.1, 0.15) is 32.0 Å². The minimum absolute atomic E-state index is 0.00964. The van der Waals surface area contributed by atoms with E-state index >= 15 is 0 Å². The lowest BCUT2D eigenvalue weighted by Gasteiger charge is -2.26. The number of nitrogens with zero attached hydrogens (tertiary/aromatic N) is 8. The van der Waals surface area contributed by atoms with Crippen LogP contribution >= 0.6 is 31.3 Å². The Morgan fingerprint density at radius 3 is 2.09 bits per heavy atom. The van der Waals surface area contributed by atoms with Crippen LogP contribution in [0.5, 0.6) is 0 Å². The number of H-pyrrole nitrogens is 2. The van der Waals surface area contributed by atoms with Gasteiger partial charge in [-0.25, -0.2) is 42.6 Å². The van der Waals surface area contributed by atoms with E-state index < -0.39 is 141 Å². The number of methoxy groups -OCH3 is 2. The van der Waals surface area contributed by atoms with Crippen molar-refractivity contribution in [3.05, 3.63) is 62.4 Å². The molecule has 0 radical (unpaired) electrons. The van der Waals surface area contributed by atoms with Crippen molar-refractivity contribution in [2.45, 2.75) is 87.4 Å². The van der Waals surface area contributed by atoms with E-state index in [0.717, 1.165) is 36.6 Å². The van der Waals surface area contributed by atoms with E-state index in [1.807, 2.05) is 4.98 Å². The third kappa shape index (κ3) is 12.3. The highest BCUT2D eigenvalue weighted by molar-refractivity contribution is 7.66. The third-order valence-corrected chi connectivity index (χ3v) is 17.3. The fourth-order valence-electron chi connectivity index (χ4n) is 8.63. The summed E-state index contributed by atoms with van der Waals surface area (Å²) in [6.45, 7) is -1.17. The van der Waals surface area contributed by atoms with Crippen LogP contribution < -0.4 is 32.8 Å². The van der Waals surface area contributed by atoms with Gasteiger partial charge in [-0.3, -0.25) is 51.4 Å². The fraction of sp³-hybridized carbons (Fsp3) is 0.600. The maximum Gasteiger partial charge on any atom is 0.490 e. The van der Waals surface area contributed by atoms with Gasteiger partial charge >= 0.3 is 42.6 Å². The van der Waals surface area contributed by atoms with Gasteiger partial charge in [0, 0.05) is 39.0 Å². The number of rotatable bonds is 23. The Kier molecular flexibility index (Phi) is 17.1. The standard InChI is InChI=1S/C35H50N12O25P4/c1-4-44-14-47(29-21(44)30(52)43-34(37)42-29)31-22(49)15(6-8-62-2)16(67-31)9-65-74(56,57)71-76(60,61)72-75(58,59)66-11-18-25(26(63-3)33(69-18)46-13-40-20-27(36)38-12-39-28(20)46)70-73(54,55)64-10-17-23(50)24(51)32(68-17)45-7-5-19(48)41-35(45)53/h5,7,12-18,22-26,31-33,49-51H,4,6,8-11H2,1-3H3,(H9-,36,37,38,39,41,42,43,48,52,53,54,55,56,57,58,59,60,61)/p+1/t15-,16-,17-,18?,22-,23-,24-,25-,26-,31-,32-,33-/m1/s1. The topological polar surface area (TPSA) is 516 Å². The molecule has 0 amide bonds. The number of aliphatic hydroxyl groups is 3. The second kappa shape index (κ2) is 22.6. The van der Waals surface area contributed by atoms with Gasteiger partial charge in [-0.1, -0.05) is 4.98 Å². The number of aryl methyl sites for hydroxylation is 1. The maximum atomic E-state index is 13.6. The molecule has 3 fully saturated rings. The Bertz CT molecular complexity index is 3300. The average Bonchev–Trinajstić information content (AvgIpc) is 4.14. The van der Waals surface area contributed by atoms with E-state index in [-0.39, 0.29) is 53.7 Å². The van der Waals surface area contributed by atoms with Gasteiger partial charge in [0.15, 0.2) is 30.2 Å². The summed E-state index contributed by atoms with van der Waals surface area (Å²) in [5, 5.41) is 32.7. The van der Waals surface area contributed by atoms with Crippen molar-refractivity contribution >= 4 is 65.4 Å². The van der Waals surface area contributed by atoms with Crippen molar-refractivity contribution in [3.63, 3.8) is 0 Å². The summed E-state index contributed by atoms with van der Waals surface area (Å²) in [4.78, 5) is 100.0. The van der Waals surface area contributed by atoms with Crippen molar-refractivity contribution in [3.8, 4) is 0 Å². The second-order valence-electron chi connectivity index (χ2n) is 16.8. The van der Waals surface area contributed by atoms with Gasteiger partial charge in [-0.15, -0.1) is 0 Å². The number of phosphoric acid groups is 4. The molecule has 3 aliphatic rings. The zero-order chi connectivity index (χ0) is 55.2. The van der Waals surface area contributed by atoms with Gasteiger partial charge in [-0.05, 0) is 13.3 Å². The van der Waals surface area contributed by atoms with Crippen LogP contribution in [-0.4, -0.2) is 168 Å². The first-order valence-corrected chi connectivity index (χ1v) is 28.2. The molecule has 0 bridgehead atoms. The summed E-state index contributed by atoms with van der Waals surface area (Å²) < 4.78 is 115. The third-order valence-electron chi connectivity index (χ3n) is 12.0. The van der Waals surface area contributed by atoms with Crippen molar-refractivity contribution in [2.24, 2.45) is 5.92 Å². The molecule has 0 spiro atoms. The summed E-state index contributed by atoms with van der Waals surface area (Å²) >= 11 is 0. The number of nitrogens with two attached hydrogens (primary N) is 2. The molecule has 5 aromatic heterocycles. The number of nitrogens with one attached hydrogen (secondary N) is 2. The van der Waals surface area contributed by atoms with Crippen molar-refractivity contribution in [1.82, 2.24) is 43.6 Å². The van der Waals surface area contributed by atoms with Gasteiger partial charge in [0.25, 0.3) is 17.1 Å². The lowest BCUT2D eigenvalue weighted by molar-refractivity contribution is -0.746. The molecule has 37 nitrogen and oxygen atoms in total. The maximum absolute atomic E-state index is 13.6. The number of ether oxygens (including phenoxy) is 5. The SMILES string of the molecule is CCn1c[n+]([C@@H]2O[C@H](COP(=O)(O)OP(=O)(O)OP(=O)(O)OCC3O[C@@H](n4cnc5c(N)ncnc54)[C@H](OC)[C@@H]3OP(=O)(O)OC[C@H]3O[C@@H](n4ccc(=O)[nH]c4=O)[C@H](O)[C@@H]3O)[C@@H](CCOC)[C@H]2O)c2nc(N)[nH]c(=O)c21. The summed E-state index contributed by atoms with van der Waals surface area (Å²) in [6, 6.07) is 0.927. The van der Waals surface area contributed by atoms with Crippen molar-refractivity contribution in [1.29, 1.82) is 0 Å². The predicted octanol–water partition coefficient (Wildman–Crippen LogP) is -3.10. The minimum Gasteiger partial charge on any atom is -0.387 e. The van der Waals surface area contributed by atoms with E-state index in [4.69, 9.17) is 53.2 Å². The lowest BCUT2D eigenvalue weighted by Crippen LogP contribution is -2.45. The van der Waals surface area contributed by atoms with Crippen molar-refractivity contribution in [2.75, 3.05) is 52.1 Å². The number of fused-ring (bicyclic) bond motifs is 2. The molecule has 3 saturated heterocycles. The molecule has 0 aliphatic carbocycles. The van der Waals surface area contributed by atoms with Gasteiger partial charge in [0.1, 0.15) is 54.6 Å². The summed E-state index contributed by atoms with van der Waals surface area (Å²) in [7, 11) is -20.9. The van der Waals surface area contributed by atoms with Crippen LogP contribution in [0.4, 0.5) is 11.8 Å². The van der Waals surface area contributed by atoms with Crippen LogP contribution in [0.25, 0.3) is 22.3 Å². The van der Waals surface area contributed by atoms with E-state index in [2.05, 4.69) is 33.5 Å². The Balaban J connectivity index is 0.944. The normalized spacial score (nSPS) is 30.1. The highest BCUT2D eigenvalue weighted by Gasteiger charge is 2.54. The monoisotopic (exact) mass is 1160 g/mol. The highest BCUT2D eigenvalue weighted by Crippen LogP contribution is 2.68. The van der Waals surface area contributed by atoms with Crippen molar-refractivity contribution < 1.29 is 108 Å². The predicted molar refractivity (Wildman–Crippen MR) is 246 cm³/mol. The van der Waals surface area contributed by atoms with Crippen LogP contribution in [-0.2, 0) is 75.2 Å². The number of phosphoric ester groups is 3. The molecular formula is C35H51N12O25P4+. The quantitative estimate of drug-likeness (QED) is 0.0228. The molecule has 5 aromatic rings. The zero-order valence-electron chi connectivity index (χ0n) is 39.6. The molecule has 13 N–H and O–H groups in total. The average molecular weight is 1160 g/mol. The smallest absolute Gasteiger partial charge is 0.387 e. The van der Waals surface area contributed by atoms with Gasteiger partial charge in [0.05, 0.1) is 38.8 Å². The molecule has 8 heterocycles. The minimum atomic E-state index is -6.18. The number of aliphatic hydroxyl groups excluding tert-OH is 3. The highest BCUT2D eigenvalue weighted by atomic mass is 31.3. The Hall–Kier alpha value is -4.62. The Labute approximate surface area is 424 Å². The molecule has 16 atom stereocenters. The molecule has 41 heteroatoms. The van der Waals surface area contributed by atoms with Gasteiger partial charge < -0.3 is 70.0 Å². The van der Waals surface area contributed by atoms with E-state index in [1.54, 1.807) is 6.92 Å². The molecule has 420 valence electrons.